The van der Waals surface area contributed by atoms with Crippen LogP contribution in [0.1, 0.15) is 5.56 Å². The standard InChI is InChI=1S/C18H10FN3O/c19-12-5-6-15-13(8-12)18(23)22-9-11-7-10-3-1-2-4-14(10)20-16(11)17(22)21-15/h1-8H,9H2. The van der Waals surface area contributed by atoms with Crippen molar-refractivity contribution in [3.05, 3.63) is 70.3 Å². The zero-order chi connectivity index (χ0) is 15.6. The molecule has 1 aliphatic rings. The first kappa shape index (κ1) is 12.5. The number of rotatable bonds is 0. The maximum atomic E-state index is 13.4. The molecule has 0 atom stereocenters. The number of para-hydroxylation sites is 1. The molecule has 0 bridgehead atoms. The van der Waals surface area contributed by atoms with Crippen molar-refractivity contribution in [2.75, 3.05) is 0 Å². The number of pyridine rings is 1. The highest BCUT2D eigenvalue weighted by Crippen LogP contribution is 2.30. The molecule has 0 N–H and O–H groups in total. The van der Waals surface area contributed by atoms with Gasteiger partial charge >= 0.3 is 0 Å². The van der Waals surface area contributed by atoms with Crippen LogP contribution in [-0.2, 0) is 6.54 Å². The Morgan fingerprint density at radius 2 is 1.87 bits per heavy atom. The van der Waals surface area contributed by atoms with Gasteiger partial charge in [0.2, 0.25) is 0 Å². The second-order valence-electron chi connectivity index (χ2n) is 5.68. The van der Waals surface area contributed by atoms with Crippen LogP contribution in [0, 0.1) is 5.82 Å². The van der Waals surface area contributed by atoms with Crippen molar-refractivity contribution in [2.45, 2.75) is 6.54 Å². The first-order chi connectivity index (χ1) is 11.2. The molecular formula is C18H10FN3O. The summed E-state index contributed by atoms with van der Waals surface area (Å²) >= 11 is 0. The molecule has 110 valence electrons. The van der Waals surface area contributed by atoms with Crippen molar-refractivity contribution in [3.8, 4) is 11.5 Å². The first-order valence-electron chi connectivity index (χ1n) is 7.30. The fourth-order valence-electron chi connectivity index (χ4n) is 3.16. The molecule has 4 nitrogen and oxygen atoms in total. The maximum Gasteiger partial charge on any atom is 0.262 e. The van der Waals surface area contributed by atoms with Crippen molar-refractivity contribution in [2.24, 2.45) is 0 Å². The van der Waals surface area contributed by atoms with Crippen LogP contribution in [0.5, 0.6) is 0 Å². The number of nitrogens with zero attached hydrogens (tertiary/aromatic N) is 3. The fraction of sp³-hybridized carbons (Fsp3) is 0.0556. The van der Waals surface area contributed by atoms with E-state index in [4.69, 9.17) is 0 Å². The quantitative estimate of drug-likeness (QED) is 0.441. The average molecular weight is 303 g/mol. The summed E-state index contributed by atoms with van der Waals surface area (Å²) < 4.78 is 15.0. The monoisotopic (exact) mass is 303 g/mol. The van der Waals surface area contributed by atoms with Gasteiger partial charge in [0.15, 0.2) is 5.82 Å². The van der Waals surface area contributed by atoms with Crippen LogP contribution in [0.2, 0.25) is 0 Å². The van der Waals surface area contributed by atoms with E-state index >= 15 is 0 Å². The molecule has 5 rings (SSSR count). The summed E-state index contributed by atoms with van der Waals surface area (Å²) in [7, 11) is 0. The topological polar surface area (TPSA) is 47.8 Å². The number of hydrogen-bond donors (Lipinski definition) is 0. The predicted octanol–water partition coefficient (Wildman–Crippen LogP) is 3.11. The molecule has 4 aromatic rings. The minimum atomic E-state index is -0.434. The Kier molecular flexibility index (Phi) is 2.29. The molecule has 0 aliphatic carbocycles. The normalized spacial score (nSPS) is 12.6. The lowest BCUT2D eigenvalue weighted by molar-refractivity contribution is 0.629. The van der Waals surface area contributed by atoms with Gasteiger partial charge in [0.05, 0.1) is 23.0 Å². The summed E-state index contributed by atoms with van der Waals surface area (Å²) in [6, 6.07) is 13.9. The Morgan fingerprint density at radius 1 is 1.00 bits per heavy atom. The first-order valence-corrected chi connectivity index (χ1v) is 7.30. The Hall–Kier alpha value is -3.08. The highest BCUT2D eigenvalue weighted by molar-refractivity contribution is 5.85. The van der Waals surface area contributed by atoms with Crippen LogP contribution in [0.15, 0.2) is 53.3 Å². The van der Waals surface area contributed by atoms with Gasteiger partial charge in [0, 0.05) is 10.9 Å². The SMILES string of the molecule is O=c1c2cc(F)ccc2nc2n1Cc1cc3ccccc3nc1-2. The fourth-order valence-corrected chi connectivity index (χ4v) is 3.16. The van der Waals surface area contributed by atoms with Gasteiger partial charge in [-0.15, -0.1) is 0 Å². The van der Waals surface area contributed by atoms with E-state index in [1.54, 1.807) is 4.57 Å². The van der Waals surface area contributed by atoms with Gasteiger partial charge in [0.25, 0.3) is 5.56 Å². The summed E-state index contributed by atoms with van der Waals surface area (Å²) in [5, 5.41) is 1.33. The molecule has 0 spiro atoms. The molecule has 0 saturated heterocycles. The van der Waals surface area contributed by atoms with Gasteiger partial charge in [-0.1, -0.05) is 18.2 Å². The Morgan fingerprint density at radius 3 is 2.78 bits per heavy atom. The molecule has 0 radical (unpaired) electrons. The van der Waals surface area contributed by atoms with Crippen LogP contribution in [0.25, 0.3) is 33.3 Å². The molecule has 0 fully saturated rings. The number of halogens is 1. The van der Waals surface area contributed by atoms with Crippen LogP contribution >= 0.6 is 0 Å². The highest BCUT2D eigenvalue weighted by atomic mass is 19.1. The Balaban J connectivity index is 1.87. The molecule has 2 aromatic carbocycles. The number of fused-ring (bicyclic) bond motifs is 5. The van der Waals surface area contributed by atoms with Gasteiger partial charge < -0.3 is 0 Å². The second-order valence-corrected chi connectivity index (χ2v) is 5.68. The zero-order valence-electron chi connectivity index (χ0n) is 12.0. The van der Waals surface area contributed by atoms with Gasteiger partial charge in [-0.25, -0.2) is 14.4 Å². The minimum Gasteiger partial charge on any atom is -0.286 e. The van der Waals surface area contributed by atoms with Crippen molar-refractivity contribution in [1.29, 1.82) is 0 Å². The lowest BCUT2D eigenvalue weighted by Gasteiger charge is -2.04. The van der Waals surface area contributed by atoms with E-state index in [0.29, 0.717) is 23.3 Å². The zero-order valence-corrected chi connectivity index (χ0v) is 12.0. The van der Waals surface area contributed by atoms with E-state index in [1.165, 1.54) is 18.2 Å². The molecular weight excluding hydrogens is 293 g/mol. The van der Waals surface area contributed by atoms with Crippen molar-refractivity contribution in [1.82, 2.24) is 14.5 Å². The summed E-state index contributed by atoms with van der Waals surface area (Å²) in [6.45, 7) is 0.417. The largest absolute Gasteiger partial charge is 0.286 e. The average Bonchev–Trinajstić information content (AvgIpc) is 2.92. The van der Waals surface area contributed by atoms with E-state index in [1.807, 2.05) is 30.3 Å². The Bertz CT molecular complexity index is 1180. The van der Waals surface area contributed by atoms with Crippen LogP contribution in [0.3, 0.4) is 0 Å². The molecule has 3 heterocycles. The van der Waals surface area contributed by atoms with Crippen LogP contribution in [0.4, 0.5) is 4.39 Å². The molecule has 5 heteroatoms. The second kappa shape index (κ2) is 4.23. The van der Waals surface area contributed by atoms with Gasteiger partial charge in [-0.2, -0.15) is 0 Å². The lowest BCUT2D eigenvalue weighted by atomic mass is 10.1. The van der Waals surface area contributed by atoms with Crippen molar-refractivity contribution >= 4 is 21.8 Å². The highest BCUT2D eigenvalue weighted by Gasteiger charge is 2.24. The lowest BCUT2D eigenvalue weighted by Crippen LogP contribution is -2.20. The summed E-state index contributed by atoms with van der Waals surface area (Å²) in [6.07, 6.45) is 0. The van der Waals surface area contributed by atoms with Gasteiger partial charge in [-0.3, -0.25) is 9.36 Å². The molecule has 1 aliphatic heterocycles. The van der Waals surface area contributed by atoms with Crippen molar-refractivity contribution < 1.29 is 4.39 Å². The molecule has 0 amide bonds. The van der Waals surface area contributed by atoms with E-state index < -0.39 is 5.82 Å². The predicted molar refractivity (Wildman–Crippen MR) is 85.8 cm³/mol. The summed E-state index contributed by atoms with van der Waals surface area (Å²) in [5.74, 6) is 0.117. The van der Waals surface area contributed by atoms with E-state index in [0.717, 1.165) is 22.2 Å². The Labute approximate surface area is 129 Å². The van der Waals surface area contributed by atoms with Gasteiger partial charge in [0.1, 0.15) is 11.5 Å². The minimum absolute atomic E-state index is 0.230. The van der Waals surface area contributed by atoms with Crippen molar-refractivity contribution in [3.63, 3.8) is 0 Å². The smallest absolute Gasteiger partial charge is 0.262 e. The number of aromatic nitrogens is 3. The molecule has 2 aromatic heterocycles. The van der Waals surface area contributed by atoms with Crippen LogP contribution in [-0.4, -0.2) is 14.5 Å². The van der Waals surface area contributed by atoms with Gasteiger partial charge in [-0.05, 0) is 30.3 Å². The third kappa shape index (κ3) is 1.67. The number of hydrogen-bond acceptors (Lipinski definition) is 3. The molecule has 0 unspecified atom stereocenters. The van der Waals surface area contributed by atoms with E-state index in [9.17, 15) is 9.18 Å². The van der Waals surface area contributed by atoms with E-state index in [-0.39, 0.29) is 5.56 Å². The summed E-state index contributed by atoms with van der Waals surface area (Å²) in [4.78, 5) is 21.9. The summed E-state index contributed by atoms with van der Waals surface area (Å²) in [5.41, 5.74) is 2.82. The van der Waals surface area contributed by atoms with E-state index in [2.05, 4.69) is 9.97 Å². The third-order valence-corrected chi connectivity index (χ3v) is 4.26. The molecule has 0 saturated carbocycles. The maximum absolute atomic E-state index is 13.4. The third-order valence-electron chi connectivity index (χ3n) is 4.26. The molecule has 23 heavy (non-hydrogen) atoms. The van der Waals surface area contributed by atoms with Crippen LogP contribution < -0.4 is 5.56 Å². The number of benzene rings is 2.